The minimum atomic E-state index is -4.05. The third-order valence-corrected chi connectivity index (χ3v) is 8.41. The maximum Gasteiger partial charge on any atom is 0.284 e. The van der Waals surface area contributed by atoms with Gasteiger partial charge in [0.25, 0.3) is 15.9 Å². The number of hydrogen-bond acceptors (Lipinski definition) is 6. The molecule has 1 fully saturated rings. The number of carbonyl (C=O) groups excluding carboxylic acids is 1. The van der Waals surface area contributed by atoms with Gasteiger partial charge in [0, 0.05) is 11.6 Å². The number of sulfonamides is 1. The second-order valence-electron chi connectivity index (χ2n) is 8.64. The van der Waals surface area contributed by atoms with Crippen LogP contribution in [0, 0.1) is 0 Å². The predicted molar refractivity (Wildman–Crippen MR) is 155 cm³/mol. The zero-order valence-corrected chi connectivity index (χ0v) is 24.1. The van der Waals surface area contributed by atoms with Crippen molar-refractivity contribution >= 4 is 50.5 Å². The van der Waals surface area contributed by atoms with Crippen molar-refractivity contribution in [2.24, 2.45) is 4.40 Å². The quantitative estimate of drug-likeness (QED) is 0.138. The lowest BCUT2D eigenvalue weighted by atomic mass is 10.1. The van der Waals surface area contributed by atoms with Crippen LogP contribution in [0.4, 0.5) is 0 Å². The van der Waals surface area contributed by atoms with E-state index in [1.54, 1.807) is 19.3 Å². The number of benzene rings is 2. The number of unbranched alkanes of at least 4 members (excludes halogenated alkanes) is 5. The topological polar surface area (TPSA) is 85.3 Å². The van der Waals surface area contributed by atoms with Gasteiger partial charge >= 0.3 is 0 Å². The Morgan fingerprint density at radius 3 is 2.45 bits per heavy atom. The summed E-state index contributed by atoms with van der Waals surface area (Å²) in [7, 11) is -2.47. The van der Waals surface area contributed by atoms with Crippen molar-refractivity contribution in [2.75, 3.05) is 20.3 Å². The molecule has 7 nitrogen and oxygen atoms in total. The molecular weight excluding hydrogens is 544 g/mol. The molecule has 2 aromatic rings. The first kappa shape index (κ1) is 29.8. The Bertz CT molecular complexity index is 1290. The van der Waals surface area contributed by atoms with Crippen molar-refractivity contribution in [3.05, 3.63) is 70.6 Å². The molecule has 38 heavy (non-hydrogen) atoms. The number of halogens is 1. The second kappa shape index (κ2) is 14.4. The highest BCUT2D eigenvalue weighted by Crippen LogP contribution is 2.35. The van der Waals surface area contributed by atoms with Crippen LogP contribution < -0.4 is 9.47 Å². The van der Waals surface area contributed by atoms with Gasteiger partial charge in [0.2, 0.25) is 0 Å². The van der Waals surface area contributed by atoms with Gasteiger partial charge in [-0.1, -0.05) is 62.8 Å². The number of rotatable bonds is 14. The Morgan fingerprint density at radius 1 is 1.05 bits per heavy atom. The summed E-state index contributed by atoms with van der Waals surface area (Å²) in [6.07, 6.45) is 10.2. The summed E-state index contributed by atoms with van der Waals surface area (Å²) in [5, 5.41) is 0.472. The summed E-state index contributed by atoms with van der Waals surface area (Å²) in [5.74, 6) is 0.839. The Labute approximate surface area is 234 Å². The molecule has 1 aliphatic rings. The number of thioether (sulfide) groups is 1. The van der Waals surface area contributed by atoms with Gasteiger partial charge < -0.3 is 9.47 Å². The highest BCUT2D eigenvalue weighted by atomic mass is 35.5. The van der Waals surface area contributed by atoms with Gasteiger partial charge in [-0.15, -0.1) is 11.0 Å². The number of nitrogens with zero attached hydrogens (tertiary/aromatic N) is 2. The third kappa shape index (κ3) is 8.12. The first-order chi connectivity index (χ1) is 18.3. The van der Waals surface area contributed by atoms with Crippen LogP contribution in [0.15, 0.2) is 69.3 Å². The fraction of sp³-hybridized carbons (Fsp3) is 0.357. The van der Waals surface area contributed by atoms with E-state index in [9.17, 15) is 13.2 Å². The molecule has 0 aliphatic carbocycles. The molecule has 0 atom stereocenters. The van der Waals surface area contributed by atoms with Crippen LogP contribution >= 0.6 is 23.4 Å². The van der Waals surface area contributed by atoms with Crippen LogP contribution in [-0.4, -0.2) is 44.7 Å². The van der Waals surface area contributed by atoms with E-state index in [-0.39, 0.29) is 22.5 Å². The predicted octanol–water partition coefficient (Wildman–Crippen LogP) is 6.94. The van der Waals surface area contributed by atoms with E-state index in [1.165, 1.54) is 60.9 Å². The lowest BCUT2D eigenvalue weighted by molar-refractivity contribution is -0.121. The Hall–Kier alpha value is -2.75. The lowest BCUT2D eigenvalue weighted by Gasteiger charge is -2.12. The van der Waals surface area contributed by atoms with Crippen LogP contribution in [0.25, 0.3) is 6.08 Å². The standard InChI is InChI=1S/C28H33ClN2O5S2/c1-4-6-7-8-9-10-18-36-25-19-21(11-16-24(25)35-3)20-26-27(32)31(17-5-2)28(37-26)30-38(33,34)23-14-12-22(29)13-15-23/h5,11-16,19-20H,2,4,6-10,17-18H2,1,3H3/b26-20-,30-28+. The fourth-order valence-electron chi connectivity index (χ4n) is 3.74. The molecule has 1 heterocycles. The summed E-state index contributed by atoms with van der Waals surface area (Å²) in [6, 6.07) is 11.1. The number of hydrogen-bond donors (Lipinski definition) is 0. The minimum Gasteiger partial charge on any atom is -0.493 e. The highest BCUT2D eigenvalue weighted by molar-refractivity contribution is 8.19. The molecule has 0 aromatic heterocycles. The van der Waals surface area contributed by atoms with Gasteiger partial charge in [0.1, 0.15) is 0 Å². The van der Waals surface area contributed by atoms with Gasteiger partial charge in [0.15, 0.2) is 16.7 Å². The summed E-state index contributed by atoms with van der Waals surface area (Å²) < 4.78 is 41.1. The summed E-state index contributed by atoms with van der Waals surface area (Å²) in [5.41, 5.74) is 0.722. The number of carbonyl (C=O) groups is 1. The van der Waals surface area contributed by atoms with Crippen LogP contribution in [0.2, 0.25) is 5.02 Å². The van der Waals surface area contributed by atoms with E-state index in [2.05, 4.69) is 17.9 Å². The van der Waals surface area contributed by atoms with Gasteiger partial charge in [-0.2, -0.15) is 8.42 Å². The molecule has 3 rings (SSSR count). The molecule has 0 unspecified atom stereocenters. The average molecular weight is 577 g/mol. The molecule has 10 heteroatoms. The van der Waals surface area contributed by atoms with Crippen LogP contribution in [-0.2, 0) is 14.8 Å². The average Bonchev–Trinajstić information content (AvgIpc) is 3.17. The largest absolute Gasteiger partial charge is 0.493 e. The molecule has 1 saturated heterocycles. The van der Waals surface area contributed by atoms with Gasteiger partial charge in [-0.25, -0.2) is 0 Å². The van der Waals surface area contributed by atoms with Crippen molar-refractivity contribution in [1.82, 2.24) is 4.90 Å². The minimum absolute atomic E-state index is 0.0132. The normalized spacial score (nSPS) is 15.9. The molecule has 0 N–H and O–H groups in total. The van der Waals surface area contributed by atoms with E-state index in [4.69, 9.17) is 21.1 Å². The Kier molecular flexibility index (Phi) is 11.3. The van der Waals surface area contributed by atoms with Crippen LogP contribution in [0.3, 0.4) is 0 Å². The highest BCUT2D eigenvalue weighted by Gasteiger charge is 2.34. The van der Waals surface area contributed by atoms with E-state index in [0.717, 1.165) is 30.2 Å². The maximum atomic E-state index is 13.1. The van der Waals surface area contributed by atoms with E-state index in [0.29, 0.717) is 28.0 Å². The molecule has 0 bridgehead atoms. The molecule has 1 aliphatic heterocycles. The van der Waals surface area contributed by atoms with Crippen molar-refractivity contribution < 1.29 is 22.7 Å². The second-order valence-corrected chi connectivity index (χ2v) is 11.7. The van der Waals surface area contributed by atoms with Gasteiger partial charge in [0.05, 0.1) is 23.5 Å². The van der Waals surface area contributed by atoms with E-state index < -0.39 is 10.0 Å². The van der Waals surface area contributed by atoms with Crippen molar-refractivity contribution in [3.8, 4) is 11.5 Å². The lowest BCUT2D eigenvalue weighted by Crippen LogP contribution is -2.29. The smallest absolute Gasteiger partial charge is 0.284 e. The summed E-state index contributed by atoms with van der Waals surface area (Å²) >= 11 is 6.87. The molecule has 204 valence electrons. The summed E-state index contributed by atoms with van der Waals surface area (Å²) in [6.45, 7) is 6.57. The Morgan fingerprint density at radius 2 is 1.76 bits per heavy atom. The van der Waals surface area contributed by atoms with Crippen molar-refractivity contribution in [3.63, 3.8) is 0 Å². The summed E-state index contributed by atoms with van der Waals surface area (Å²) in [4.78, 5) is 14.8. The SMILES string of the molecule is C=CCN1C(=O)/C(=C/c2ccc(OC)c(OCCCCCCCC)c2)S/C1=N/S(=O)(=O)c1ccc(Cl)cc1. The zero-order chi connectivity index (χ0) is 27.5. The maximum absolute atomic E-state index is 13.1. The molecule has 2 aromatic carbocycles. The monoisotopic (exact) mass is 576 g/mol. The zero-order valence-electron chi connectivity index (χ0n) is 21.7. The number of methoxy groups -OCH3 is 1. The van der Waals surface area contributed by atoms with Crippen molar-refractivity contribution in [1.29, 1.82) is 0 Å². The fourth-order valence-corrected chi connectivity index (χ4v) is 6.06. The first-order valence-corrected chi connectivity index (χ1v) is 15.2. The molecular formula is C28H33ClN2O5S2. The van der Waals surface area contributed by atoms with Gasteiger partial charge in [-0.3, -0.25) is 9.69 Å². The number of ether oxygens (including phenoxy) is 2. The van der Waals surface area contributed by atoms with Crippen LogP contribution in [0.5, 0.6) is 11.5 Å². The third-order valence-electron chi connectivity index (χ3n) is 5.75. The van der Waals surface area contributed by atoms with Gasteiger partial charge in [-0.05, 0) is 66.2 Å². The first-order valence-electron chi connectivity index (χ1n) is 12.5. The molecule has 0 radical (unpaired) electrons. The molecule has 1 amide bonds. The Balaban J connectivity index is 1.80. The number of amides is 1. The molecule has 0 spiro atoms. The molecule has 0 saturated carbocycles. The van der Waals surface area contributed by atoms with E-state index in [1.807, 2.05) is 12.1 Å². The van der Waals surface area contributed by atoms with Crippen molar-refractivity contribution in [2.45, 2.75) is 50.3 Å². The number of amidine groups is 1. The van der Waals surface area contributed by atoms with E-state index >= 15 is 0 Å². The van der Waals surface area contributed by atoms with Crippen LogP contribution in [0.1, 0.15) is 51.0 Å².